The van der Waals surface area contributed by atoms with Gasteiger partial charge in [-0.2, -0.15) is 4.98 Å². The minimum absolute atomic E-state index is 0.0356. The molecule has 4 rings (SSSR count). The quantitative estimate of drug-likeness (QED) is 0.574. The van der Waals surface area contributed by atoms with Gasteiger partial charge in [-0.1, -0.05) is 17.3 Å². The van der Waals surface area contributed by atoms with Crippen LogP contribution < -0.4 is 4.90 Å². The summed E-state index contributed by atoms with van der Waals surface area (Å²) in [6.07, 6.45) is 2.47. The summed E-state index contributed by atoms with van der Waals surface area (Å²) in [4.78, 5) is 22.2. The number of aromatic nitrogens is 2. The van der Waals surface area contributed by atoms with Crippen molar-refractivity contribution in [2.45, 2.75) is 23.8 Å². The lowest BCUT2D eigenvalue weighted by Crippen LogP contribution is -2.24. The van der Waals surface area contributed by atoms with E-state index in [1.807, 2.05) is 48.2 Å². The van der Waals surface area contributed by atoms with Crippen LogP contribution in [0.2, 0.25) is 0 Å². The summed E-state index contributed by atoms with van der Waals surface area (Å²) in [6, 6.07) is 16.3. The second kappa shape index (κ2) is 8.29. The van der Waals surface area contributed by atoms with Gasteiger partial charge in [0.25, 0.3) is 5.89 Å². The van der Waals surface area contributed by atoms with E-state index in [0.29, 0.717) is 31.2 Å². The highest BCUT2D eigenvalue weighted by atomic mass is 32.2. The largest absolute Gasteiger partial charge is 0.378 e. The van der Waals surface area contributed by atoms with Crippen molar-refractivity contribution in [3.05, 3.63) is 59.9 Å². The van der Waals surface area contributed by atoms with Crippen molar-refractivity contribution in [2.75, 3.05) is 31.8 Å². The highest BCUT2D eigenvalue weighted by Gasteiger charge is 2.33. The molecule has 1 aliphatic rings. The average Bonchev–Trinajstić information content (AvgIpc) is 3.36. The number of benzene rings is 2. The van der Waals surface area contributed by atoms with Gasteiger partial charge < -0.3 is 14.3 Å². The fourth-order valence-electron chi connectivity index (χ4n) is 3.47. The molecule has 0 spiro atoms. The first-order valence-electron chi connectivity index (χ1n) is 9.55. The first kappa shape index (κ1) is 19.5. The molecule has 3 aromatic rings. The summed E-state index contributed by atoms with van der Waals surface area (Å²) in [6.45, 7) is 1.22. The van der Waals surface area contributed by atoms with E-state index in [-0.39, 0.29) is 11.8 Å². The number of anilines is 1. The zero-order valence-corrected chi connectivity index (χ0v) is 17.6. The molecule has 1 unspecified atom stereocenters. The third-order valence-corrected chi connectivity index (χ3v) is 5.93. The molecule has 0 saturated carbocycles. The first-order valence-corrected chi connectivity index (χ1v) is 10.8. The number of hydrogen-bond acceptors (Lipinski definition) is 6. The number of nitrogens with zero attached hydrogens (tertiary/aromatic N) is 4. The van der Waals surface area contributed by atoms with Crippen LogP contribution in [0.15, 0.2) is 57.9 Å². The summed E-state index contributed by atoms with van der Waals surface area (Å²) in [5, 5.41) is 4.15. The Kier molecular flexibility index (Phi) is 5.58. The number of carbonyl (C=O) groups is 1. The van der Waals surface area contributed by atoms with Gasteiger partial charge in [0.2, 0.25) is 5.91 Å². The van der Waals surface area contributed by atoms with E-state index in [1.54, 1.807) is 11.8 Å². The standard InChI is InChI=1S/C22H24N4O2S/c1-25(2)18-8-6-16(7-9-18)22-23-21(24-28-22)17-12-20(27)26(14-17)13-15-4-10-19(29-3)11-5-15/h4-11,17H,12-14H2,1-3H3. The predicted octanol–water partition coefficient (Wildman–Crippen LogP) is 4.04. The van der Waals surface area contributed by atoms with Crippen molar-refractivity contribution in [1.29, 1.82) is 0 Å². The van der Waals surface area contributed by atoms with E-state index >= 15 is 0 Å². The first-order chi connectivity index (χ1) is 14.0. The molecule has 1 saturated heterocycles. The van der Waals surface area contributed by atoms with E-state index in [4.69, 9.17) is 4.52 Å². The van der Waals surface area contributed by atoms with E-state index in [2.05, 4.69) is 40.7 Å². The van der Waals surface area contributed by atoms with Gasteiger partial charge in [0.05, 0.1) is 0 Å². The summed E-state index contributed by atoms with van der Waals surface area (Å²) in [7, 11) is 4.00. The van der Waals surface area contributed by atoms with Gasteiger partial charge in [-0.3, -0.25) is 4.79 Å². The van der Waals surface area contributed by atoms with E-state index < -0.39 is 0 Å². The molecule has 150 valence electrons. The van der Waals surface area contributed by atoms with Crippen molar-refractivity contribution in [3.63, 3.8) is 0 Å². The molecule has 1 atom stereocenters. The lowest BCUT2D eigenvalue weighted by molar-refractivity contribution is -0.128. The molecule has 0 bridgehead atoms. The van der Waals surface area contributed by atoms with Crippen molar-refractivity contribution in [2.24, 2.45) is 0 Å². The molecule has 1 amide bonds. The van der Waals surface area contributed by atoms with Gasteiger partial charge in [-0.05, 0) is 48.2 Å². The maximum absolute atomic E-state index is 12.5. The van der Waals surface area contributed by atoms with Crippen LogP contribution in [0, 0.1) is 0 Å². The maximum atomic E-state index is 12.5. The molecule has 7 heteroatoms. The van der Waals surface area contributed by atoms with Crippen molar-refractivity contribution in [1.82, 2.24) is 15.0 Å². The lowest BCUT2D eigenvalue weighted by Gasteiger charge is -2.16. The molecule has 1 aliphatic heterocycles. The molecule has 29 heavy (non-hydrogen) atoms. The molecule has 1 aromatic heterocycles. The lowest BCUT2D eigenvalue weighted by atomic mass is 10.1. The van der Waals surface area contributed by atoms with Crippen molar-refractivity contribution >= 4 is 23.4 Å². The number of likely N-dealkylation sites (tertiary alicyclic amines) is 1. The van der Waals surface area contributed by atoms with Crippen LogP contribution >= 0.6 is 11.8 Å². The fourth-order valence-corrected chi connectivity index (χ4v) is 3.88. The van der Waals surface area contributed by atoms with Gasteiger partial charge in [0.15, 0.2) is 5.82 Å². The molecule has 1 fully saturated rings. The van der Waals surface area contributed by atoms with Gasteiger partial charge in [0.1, 0.15) is 0 Å². The van der Waals surface area contributed by atoms with Crippen molar-refractivity contribution < 1.29 is 9.32 Å². The van der Waals surface area contributed by atoms with Gasteiger partial charge >= 0.3 is 0 Å². The van der Waals surface area contributed by atoms with Crippen LogP contribution in [-0.4, -0.2) is 47.8 Å². The molecule has 6 nitrogen and oxygen atoms in total. The number of amides is 1. The SMILES string of the molecule is CSc1ccc(CN2CC(c3noc(-c4ccc(N(C)C)cc4)n3)CC2=O)cc1. The van der Waals surface area contributed by atoms with E-state index in [0.717, 1.165) is 16.8 Å². The molecule has 0 aliphatic carbocycles. The average molecular weight is 409 g/mol. The molecule has 2 aromatic carbocycles. The maximum Gasteiger partial charge on any atom is 0.257 e. The van der Waals surface area contributed by atoms with Crippen LogP contribution in [0.1, 0.15) is 23.7 Å². The Balaban J connectivity index is 1.43. The normalized spacial score (nSPS) is 16.4. The Morgan fingerprint density at radius 3 is 2.52 bits per heavy atom. The Hall–Kier alpha value is -2.80. The highest BCUT2D eigenvalue weighted by Crippen LogP contribution is 2.30. The summed E-state index contributed by atoms with van der Waals surface area (Å²) in [5.74, 6) is 1.19. The monoisotopic (exact) mass is 408 g/mol. The van der Waals surface area contributed by atoms with Crippen LogP contribution in [0.4, 0.5) is 5.69 Å². The molecular weight excluding hydrogens is 384 g/mol. The van der Waals surface area contributed by atoms with Crippen LogP contribution in [-0.2, 0) is 11.3 Å². The zero-order valence-electron chi connectivity index (χ0n) is 16.8. The Bertz CT molecular complexity index is 983. The predicted molar refractivity (Wildman–Crippen MR) is 115 cm³/mol. The number of hydrogen-bond donors (Lipinski definition) is 0. The third-order valence-electron chi connectivity index (χ3n) is 5.18. The highest BCUT2D eigenvalue weighted by molar-refractivity contribution is 7.98. The number of rotatable bonds is 6. The van der Waals surface area contributed by atoms with E-state index in [1.165, 1.54) is 4.90 Å². The third kappa shape index (κ3) is 4.29. The minimum atomic E-state index is -0.0356. The second-order valence-electron chi connectivity index (χ2n) is 7.42. The van der Waals surface area contributed by atoms with Gasteiger partial charge in [-0.25, -0.2) is 0 Å². The van der Waals surface area contributed by atoms with Crippen molar-refractivity contribution in [3.8, 4) is 11.5 Å². The van der Waals surface area contributed by atoms with Crippen LogP contribution in [0.5, 0.6) is 0 Å². The smallest absolute Gasteiger partial charge is 0.257 e. The second-order valence-corrected chi connectivity index (χ2v) is 8.30. The Morgan fingerprint density at radius 2 is 1.86 bits per heavy atom. The molecule has 0 N–H and O–H groups in total. The molecule has 2 heterocycles. The van der Waals surface area contributed by atoms with Crippen LogP contribution in [0.3, 0.4) is 0 Å². The molecular formula is C22H24N4O2S. The summed E-state index contributed by atoms with van der Waals surface area (Å²) in [5.41, 5.74) is 3.12. The van der Waals surface area contributed by atoms with Gasteiger partial charge in [0, 0.05) is 55.7 Å². The number of thioether (sulfide) groups is 1. The minimum Gasteiger partial charge on any atom is -0.378 e. The topological polar surface area (TPSA) is 62.5 Å². The number of carbonyl (C=O) groups excluding carboxylic acids is 1. The zero-order chi connectivity index (χ0) is 20.4. The summed E-state index contributed by atoms with van der Waals surface area (Å²) < 4.78 is 5.47. The Labute approximate surface area is 174 Å². The van der Waals surface area contributed by atoms with Crippen LogP contribution in [0.25, 0.3) is 11.5 Å². The van der Waals surface area contributed by atoms with E-state index in [9.17, 15) is 4.79 Å². The Morgan fingerprint density at radius 1 is 1.14 bits per heavy atom. The molecule has 0 radical (unpaired) electrons. The van der Waals surface area contributed by atoms with Gasteiger partial charge in [-0.15, -0.1) is 11.8 Å². The summed E-state index contributed by atoms with van der Waals surface area (Å²) >= 11 is 1.71. The fraction of sp³-hybridized carbons (Fsp3) is 0.318.